The summed E-state index contributed by atoms with van der Waals surface area (Å²) in [6.07, 6.45) is 5.11. The summed E-state index contributed by atoms with van der Waals surface area (Å²) in [5, 5.41) is 7.58. The second kappa shape index (κ2) is 5.29. The van der Waals surface area contributed by atoms with Crippen LogP contribution in [-0.2, 0) is 0 Å². The van der Waals surface area contributed by atoms with Gasteiger partial charge in [-0.15, -0.1) is 0 Å². The Morgan fingerprint density at radius 2 is 1.72 bits per heavy atom. The molecule has 6 heteroatoms. The van der Waals surface area contributed by atoms with Gasteiger partial charge in [-0.05, 0) is 26.7 Å². The van der Waals surface area contributed by atoms with Crippen molar-refractivity contribution in [2.45, 2.75) is 38.8 Å². The van der Waals surface area contributed by atoms with Gasteiger partial charge in [0.05, 0.1) is 18.4 Å². The summed E-state index contributed by atoms with van der Waals surface area (Å²) in [6, 6.07) is 3.21. The van der Waals surface area contributed by atoms with Crippen LogP contribution in [0.5, 0.6) is 0 Å². The van der Waals surface area contributed by atoms with Gasteiger partial charge in [0.25, 0.3) is 0 Å². The van der Waals surface area contributed by atoms with Crippen LogP contribution in [0.2, 0.25) is 0 Å². The van der Waals surface area contributed by atoms with Crippen LogP contribution in [0, 0.1) is 11.9 Å². The highest BCUT2D eigenvalue weighted by molar-refractivity contribution is 4.90. The van der Waals surface area contributed by atoms with Gasteiger partial charge in [0.2, 0.25) is 11.9 Å². The number of hydrogen-bond donors (Lipinski definition) is 0. The van der Waals surface area contributed by atoms with Crippen molar-refractivity contribution in [3.05, 3.63) is 36.4 Å². The van der Waals surface area contributed by atoms with E-state index in [-0.39, 0.29) is 17.9 Å². The molecule has 1 aliphatic rings. The molecule has 2 heterocycles. The van der Waals surface area contributed by atoms with Crippen LogP contribution in [0.15, 0.2) is 24.5 Å². The zero-order chi connectivity index (χ0) is 13.1. The van der Waals surface area contributed by atoms with E-state index in [4.69, 9.17) is 0 Å². The van der Waals surface area contributed by atoms with E-state index >= 15 is 0 Å². The average Bonchev–Trinajstić information content (AvgIpc) is 2.93. The highest BCUT2D eigenvalue weighted by atomic mass is 19.1. The minimum atomic E-state index is -0.273. The van der Waals surface area contributed by atoms with Gasteiger partial charge in [0.1, 0.15) is 0 Å². The summed E-state index contributed by atoms with van der Waals surface area (Å²) < 4.78 is 27.8. The quantitative estimate of drug-likeness (QED) is 0.826. The lowest BCUT2D eigenvalue weighted by Crippen LogP contribution is -2.04. The van der Waals surface area contributed by atoms with Crippen molar-refractivity contribution in [1.82, 2.24) is 19.6 Å². The summed E-state index contributed by atoms with van der Waals surface area (Å²) >= 11 is 0. The normalized spacial score (nSPS) is 14.5. The van der Waals surface area contributed by atoms with Crippen LogP contribution in [-0.4, -0.2) is 19.6 Å². The first-order valence-electron chi connectivity index (χ1n) is 5.97. The highest BCUT2D eigenvalue weighted by Gasteiger charge is 2.25. The minimum absolute atomic E-state index is 0.111. The molecule has 1 saturated carbocycles. The van der Waals surface area contributed by atoms with Gasteiger partial charge < -0.3 is 0 Å². The zero-order valence-corrected chi connectivity index (χ0v) is 10.4. The predicted octanol–water partition coefficient (Wildman–Crippen LogP) is 2.96. The largest absolute Gasteiger partial charge is 0.237 e. The van der Waals surface area contributed by atoms with Crippen LogP contribution < -0.4 is 0 Å². The average molecular weight is 254 g/mol. The molecule has 1 fully saturated rings. The molecule has 3 rings (SSSR count). The van der Waals surface area contributed by atoms with Crippen molar-refractivity contribution < 1.29 is 8.78 Å². The molecule has 98 valence electrons. The standard InChI is InChI=1S/C6H7FN2.C6H9FN2/c7-6-3-4-8-9(6)5-1-2-5;1-5(2)9-6(7)3-4-8-9/h3-5H,1-2H2;3-5H,1-2H3. The van der Waals surface area contributed by atoms with Gasteiger partial charge in [-0.2, -0.15) is 19.0 Å². The summed E-state index contributed by atoms with van der Waals surface area (Å²) in [7, 11) is 0. The molecule has 0 spiro atoms. The molecule has 0 N–H and O–H groups in total. The van der Waals surface area contributed by atoms with Crippen molar-refractivity contribution in [3.63, 3.8) is 0 Å². The molecular weight excluding hydrogens is 238 g/mol. The van der Waals surface area contributed by atoms with Crippen LogP contribution in [0.25, 0.3) is 0 Å². The molecule has 0 amide bonds. The molecule has 0 bridgehead atoms. The molecule has 18 heavy (non-hydrogen) atoms. The minimum Gasteiger partial charge on any atom is -0.237 e. The van der Waals surface area contributed by atoms with E-state index in [1.165, 1.54) is 33.9 Å². The van der Waals surface area contributed by atoms with E-state index in [2.05, 4.69) is 10.2 Å². The fourth-order valence-corrected chi connectivity index (χ4v) is 1.56. The van der Waals surface area contributed by atoms with E-state index in [9.17, 15) is 8.78 Å². The summed E-state index contributed by atoms with van der Waals surface area (Å²) in [6.45, 7) is 3.77. The second-order valence-corrected chi connectivity index (χ2v) is 4.52. The Kier molecular flexibility index (Phi) is 3.74. The second-order valence-electron chi connectivity index (χ2n) is 4.52. The Balaban J connectivity index is 0.000000134. The molecule has 0 saturated heterocycles. The summed E-state index contributed by atoms with van der Waals surface area (Å²) in [5.41, 5.74) is 0. The van der Waals surface area contributed by atoms with Crippen LogP contribution in [0.4, 0.5) is 8.78 Å². The van der Waals surface area contributed by atoms with E-state index in [1.807, 2.05) is 13.8 Å². The van der Waals surface area contributed by atoms with Gasteiger partial charge >= 0.3 is 0 Å². The first-order valence-corrected chi connectivity index (χ1v) is 5.97. The SMILES string of the molecule is CC(C)n1nccc1F.Fc1ccnn1C1CC1. The fraction of sp³-hybridized carbons (Fsp3) is 0.500. The molecule has 0 unspecified atom stereocenters. The predicted molar refractivity (Wildman–Crippen MR) is 63.0 cm³/mol. The Morgan fingerprint density at radius 1 is 1.11 bits per heavy atom. The number of rotatable bonds is 2. The Bertz CT molecular complexity index is 461. The monoisotopic (exact) mass is 254 g/mol. The van der Waals surface area contributed by atoms with Crippen molar-refractivity contribution in [2.75, 3.05) is 0 Å². The number of halogens is 2. The van der Waals surface area contributed by atoms with Gasteiger partial charge in [0, 0.05) is 18.2 Å². The lowest BCUT2D eigenvalue weighted by atomic mass is 10.4. The van der Waals surface area contributed by atoms with E-state index in [1.54, 1.807) is 0 Å². The van der Waals surface area contributed by atoms with Crippen molar-refractivity contribution >= 4 is 0 Å². The third-order valence-electron chi connectivity index (χ3n) is 2.63. The molecule has 4 nitrogen and oxygen atoms in total. The van der Waals surface area contributed by atoms with Gasteiger partial charge in [-0.25, -0.2) is 9.36 Å². The third-order valence-corrected chi connectivity index (χ3v) is 2.63. The third kappa shape index (κ3) is 2.94. The maximum absolute atomic E-state index is 12.5. The molecular formula is C12H16F2N4. The molecule has 0 atom stereocenters. The van der Waals surface area contributed by atoms with Crippen molar-refractivity contribution in [3.8, 4) is 0 Å². The first kappa shape index (κ1) is 12.7. The maximum atomic E-state index is 12.5. The molecule has 0 radical (unpaired) electrons. The summed E-state index contributed by atoms with van der Waals surface area (Å²) in [5.74, 6) is -0.484. The smallest absolute Gasteiger partial charge is 0.211 e. The van der Waals surface area contributed by atoms with Gasteiger partial charge in [-0.1, -0.05) is 0 Å². The molecule has 2 aromatic heterocycles. The van der Waals surface area contributed by atoms with Gasteiger partial charge in [0.15, 0.2) is 0 Å². The summed E-state index contributed by atoms with van der Waals surface area (Å²) in [4.78, 5) is 0. The van der Waals surface area contributed by atoms with Crippen LogP contribution in [0.1, 0.15) is 38.8 Å². The number of hydrogen-bond acceptors (Lipinski definition) is 2. The first-order chi connectivity index (χ1) is 8.59. The van der Waals surface area contributed by atoms with Gasteiger partial charge in [-0.3, -0.25) is 0 Å². The Morgan fingerprint density at radius 3 is 2.06 bits per heavy atom. The molecule has 2 aromatic rings. The fourth-order valence-electron chi connectivity index (χ4n) is 1.56. The van der Waals surface area contributed by atoms with Crippen molar-refractivity contribution in [1.29, 1.82) is 0 Å². The van der Waals surface area contributed by atoms with Crippen LogP contribution in [0.3, 0.4) is 0 Å². The zero-order valence-electron chi connectivity index (χ0n) is 10.4. The lowest BCUT2D eigenvalue weighted by Gasteiger charge is -2.03. The number of aromatic nitrogens is 4. The Labute approximate surface area is 104 Å². The van der Waals surface area contributed by atoms with E-state index < -0.39 is 0 Å². The Hall–Kier alpha value is -1.72. The van der Waals surface area contributed by atoms with E-state index in [0.29, 0.717) is 6.04 Å². The highest BCUT2D eigenvalue weighted by Crippen LogP contribution is 2.34. The molecule has 0 aromatic carbocycles. The van der Waals surface area contributed by atoms with E-state index in [0.717, 1.165) is 12.8 Å². The van der Waals surface area contributed by atoms with Crippen LogP contribution >= 0.6 is 0 Å². The van der Waals surface area contributed by atoms with Crippen molar-refractivity contribution in [2.24, 2.45) is 0 Å². The maximum Gasteiger partial charge on any atom is 0.211 e. The molecule has 1 aliphatic carbocycles. The number of nitrogens with zero attached hydrogens (tertiary/aromatic N) is 4. The molecule has 0 aliphatic heterocycles. The topological polar surface area (TPSA) is 35.6 Å². The lowest BCUT2D eigenvalue weighted by molar-refractivity contribution is 0.416.